The monoisotopic (exact) mass is 377 g/mol. The molecule has 1 aliphatic rings. The van der Waals surface area contributed by atoms with E-state index in [0.29, 0.717) is 38.0 Å². The number of hydrogen-bond donors (Lipinski definition) is 2. The number of aryl methyl sites for hydroxylation is 2. The van der Waals surface area contributed by atoms with Gasteiger partial charge in [-0.1, -0.05) is 6.07 Å². The molecule has 1 unspecified atom stereocenters. The third kappa shape index (κ3) is 4.56. The van der Waals surface area contributed by atoms with Gasteiger partial charge in [0, 0.05) is 25.7 Å². The van der Waals surface area contributed by atoms with Crippen LogP contribution in [0.15, 0.2) is 27.6 Å². The molecule has 1 atom stereocenters. The van der Waals surface area contributed by atoms with Crippen molar-refractivity contribution in [3.05, 3.63) is 47.2 Å². The zero-order valence-corrected chi connectivity index (χ0v) is 15.9. The summed E-state index contributed by atoms with van der Waals surface area (Å²) >= 11 is 0. The summed E-state index contributed by atoms with van der Waals surface area (Å²) in [4.78, 5) is 10.6. The molecule has 1 aliphatic heterocycles. The number of benzene rings is 1. The molecule has 0 radical (unpaired) electrons. The zero-order chi connectivity index (χ0) is 19.4. The first-order valence-corrected chi connectivity index (χ1v) is 9.14. The number of halogens is 2. The van der Waals surface area contributed by atoms with Crippen LogP contribution in [0.5, 0.6) is 0 Å². The van der Waals surface area contributed by atoms with Gasteiger partial charge in [-0.3, -0.25) is 0 Å². The van der Waals surface area contributed by atoms with E-state index in [1.807, 2.05) is 20.8 Å². The molecule has 0 bridgehead atoms. The molecule has 6 nitrogen and oxygen atoms in total. The summed E-state index contributed by atoms with van der Waals surface area (Å²) in [7, 11) is 0. The fourth-order valence-corrected chi connectivity index (χ4v) is 3.14. The summed E-state index contributed by atoms with van der Waals surface area (Å²) in [6.07, 6.45) is 0.759. The van der Waals surface area contributed by atoms with E-state index in [1.54, 1.807) is 4.90 Å². The van der Waals surface area contributed by atoms with E-state index in [1.165, 1.54) is 18.2 Å². The lowest BCUT2D eigenvalue weighted by molar-refractivity contribution is 0.472. The Labute approximate surface area is 157 Å². The fourth-order valence-electron chi connectivity index (χ4n) is 3.14. The summed E-state index contributed by atoms with van der Waals surface area (Å²) in [6.45, 7) is 7.84. The van der Waals surface area contributed by atoms with Crippen LogP contribution >= 0.6 is 0 Å². The molecule has 3 rings (SSSR count). The molecule has 8 heteroatoms. The van der Waals surface area contributed by atoms with Crippen LogP contribution < -0.4 is 15.5 Å². The van der Waals surface area contributed by atoms with Crippen molar-refractivity contribution < 1.29 is 13.2 Å². The van der Waals surface area contributed by atoms with Crippen LogP contribution in [-0.2, 0) is 6.54 Å². The summed E-state index contributed by atoms with van der Waals surface area (Å²) in [5.74, 6) is 0.906. The number of aromatic nitrogens is 1. The second kappa shape index (κ2) is 8.37. The largest absolute Gasteiger partial charge is 0.444 e. The Morgan fingerprint density at radius 1 is 1.33 bits per heavy atom. The number of oxazole rings is 1. The van der Waals surface area contributed by atoms with Gasteiger partial charge in [-0.05, 0) is 39.3 Å². The average molecular weight is 377 g/mol. The van der Waals surface area contributed by atoms with Gasteiger partial charge in [0.25, 0.3) is 0 Å². The van der Waals surface area contributed by atoms with E-state index >= 15 is 0 Å². The number of hydrogen-bond acceptors (Lipinski definition) is 4. The highest BCUT2D eigenvalue weighted by Gasteiger charge is 2.27. The number of anilines is 1. The Kier molecular flexibility index (Phi) is 5.93. The Morgan fingerprint density at radius 3 is 2.70 bits per heavy atom. The van der Waals surface area contributed by atoms with Crippen molar-refractivity contribution in [1.29, 1.82) is 0 Å². The summed E-state index contributed by atoms with van der Waals surface area (Å²) in [6, 6.07) is 3.98. The van der Waals surface area contributed by atoms with Crippen LogP contribution in [-0.4, -0.2) is 36.6 Å². The van der Waals surface area contributed by atoms with Gasteiger partial charge in [-0.15, -0.1) is 0 Å². The van der Waals surface area contributed by atoms with Gasteiger partial charge in [0.15, 0.2) is 5.96 Å². The first-order valence-electron chi connectivity index (χ1n) is 9.14. The Bertz CT molecular complexity index is 781. The van der Waals surface area contributed by atoms with Gasteiger partial charge in [0.05, 0.1) is 5.69 Å². The van der Waals surface area contributed by atoms with Crippen molar-refractivity contribution in [3.63, 3.8) is 0 Å². The predicted octanol–water partition coefficient (Wildman–Crippen LogP) is 2.90. The molecule has 0 spiro atoms. The average Bonchev–Trinajstić information content (AvgIpc) is 3.20. The SMILES string of the molecule is CCNC(=NCc1nc(C)c(C)o1)NC1CCN(c2c(F)cccc2F)C1. The number of rotatable bonds is 5. The third-order valence-electron chi connectivity index (χ3n) is 4.57. The topological polar surface area (TPSA) is 65.7 Å². The van der Waals surface area contributed by atoms with Crippen molar-refractivity contribution in [1.82, 2.24) is 15.6 Å². The maximum Gasteiger partial charge on any atom is 0.216 e. The van der Waals surface area contributed by atoms with Crippen molar-refractivity contribution in [2.45, 2.75) is 39.8 Å². The van der Waals surface area contributed by atoms with E-state index in [4.69, 9.17) is 4.42 Å². The van der Waals surface area contributed by atoms with Crippen molar-refractivity contribution in [3.8, 4) is 0 Å². The maximum atomic E-state index is 14.0. The molecule has 2 heterocycles. The second-order valence-corrected chi connectivity index (χ2v) is 6.59. The molecule has 0 aliphatic carbocycles. The summed E-state index contributed by atoms with van der Waals surface area (Å²) < 4.78 is 33.5. The molecule has 1 aromatic carbocycles. The summed E-state index contributed by atoms with van der Waals surface area (Å²) in [5, 5.41) is 6.51. The Morgan fingerprint density at radius 2 is 2.07 bits per heavy atom. The fraction of sp³-hybridized carbons (Fsp3) is 0.474. The van der Waals surface area contributed by atoms with Crippen LogP contribution in [0.4, 0.5) is 14.5 Å². The molecule has 2 aromatic rings. The lowest BCUT2D eigenvalue weighted by Gasteiger charge is -2.21. The normalized spacial score (nSPS) is 17.4. The minimum atomic E-state index is -0.536. The minimum absolute atomic E-state index is 0.0366. The summed E-state index contributed by atoms with van der Waals surface area (Å²) in [5.41, 5.74) is 0.894. The molecule has 1 saturated heterocycles. The predicted molar refractivity (Wildman–Crippen MR) is 101 cm³/mol. The molecule has 0 amide bonds. The van der Waals surface area contributed by atoms with Crippen molar-refractivity contribution in [2.75, 3.05) is 24.5 Å². The first kappa shape index (κ1) is 19.1. The molecule has 1 aromatic heterocycles. The minimum Gasteiger partial charge on any atom is -0.444 e. The lowest BCUT2D eigenvalue weighted by Crippen LogP contribution is -2.44. The highest BCUT2D eigenvalue weighted by molar-refractivity contribution is 5.80. The third-order valence-corrected chi connectivity index (χ3v) is 4.57. The van der Waals surface area contributed by atoms with E-state index in [0.717, 1.165) is 17.9 Å². The highest BCUT2D eigenvalue weighted by atomic mass is 19.1. The lowest BCUT2D eigenvalue weighted by atomic mass is 10.2. The molecule has 1 fully saturated rings. The van der Waals surface area contributed by atoms with Gasteiger partial charge in [0.1, 0.15) is 29.6 Å². The van der Waals surface area contributed by atoms with Gasteiger partial charge in [0.2, 0.25) is 5.89 Å². The molecule has 146 valence electrons. The van der Waals surface area contributed by atoms with Gasteiger partial charge in [-0.25, -0.2) is 18.8 Å². The highest BCUT2D eigenvalue weighted by Crippen LogP contribution is 2.26. The molecule has 2 N–H and O–H groups in total. The second-order valence-electron chi connectivity index (χ2n) is 6.59. The molecular formula is C19H25F2N5O. The van der Waals surface area contributed by atoms with Crippen LogP contribution in [0.2, 0.25) is 0 Å². The van der Waals surface area contributed by atoms with Crippen LogP contribution in [0, 0.1) is 25.5 Å². The van der Waals surface area contributed by atoms with Gasteiger partial charge < -0.3 is 20.0 Å². The van der Waals surface area contributed by atoms with E-state index < -0.39 is 11.6 Å². The van der Waals surface area contributed by atoms with Crippen LogP contribution in [0.3, 0.4) is 0 Å². The first-order chi connectivity index (χ1) is 13.0. The van der Waals surface area contributed by atoms with Gasteiger partial charge in [-0.2, -0.15) is 0 Å². The smallest absolute Gasteiger partial charge is 0.216 e. The van der Waals surface area contributed by atoms with E-state index in [-0.39, 0.29) is 11.7 Å². The number of nitrogens with one attached hydrogen (secondary N) is 2. The maximum absolute atomic E-state index is 14.0. The van der Waals surface area contributed by atoms with Crippen molar-refractivity contribution >= 4 is 11.6 Å². The number of para-hydroxylation sites is 1. The van der Waals surface area contributed by atoms with E-state index in [2.05, 4.69) is 20.6 Å². The number of guanidine groups is 1. The standard InChI is InChI=1S/C19H25F2N5O/c1-4-22-19(23-10-17-24-12(2)13(3)27-17)25-14-8-9-26(11-14)18-15(20)6-5-7-16(18)21/h5-7,14H,4,8-11H2,1-3H3,(H2,22,23,25). The van der Waals surface area contributed by atoms with Crippen molar-refractivity contribution in [2.24, 2.45) is 4.99 Å². The van der Waals surface area contributed by atoms with Crippen LogP contribution in [0.25, 0.3) is 0 Å². The Hall–Kier alpha value is -2.64. The van der Waals surface area contributed by atoms with E-state index in [9.17, 15) is 8.78 Å². The zero-order valence-electron chi connectivity index (χ0n) is 15.9. The molecular weight excluding hydrogens is 352 g/mol. The Balaban J connectivity index is 1.64. The number of aliphatic imine (C=N–C) groups is 1. The van der Waals surface area contributed by atoms with Crippen LogP contribution in [0.1, 0.15) is 30.7 Å². The quantitative estimate of drug-likeness (QED) is 0.620. The molecule has 0 saturated carbocycles. The number of nitrogens with zero attached hydrogens (tertiary/aromatic N) is 3. The molecule has 27 heavy (non-hydrogen) atoms. The van der Waals surface area contributed by atoms with Gasteiger partial charge >= 0.3 is 0 Å².